The average molecular weight is 1170 g/mol. The lowest BCUT2D eigenvalue weighted by Crippen LogP contribution is -2.30. The molecular weight excluding hydrogens is 1020 g/mol. The molecule has 0 aromatic carbocycles. The van der Waals surface area contributed by atoms with Gasteiger partial charge in [-0.1, -0.05) is 385 Å². The molecule has 83 heavy (non-hydrogen) atoms. The minimum absolute atomic E-state index is 0.0628. The van der Waals surface area contributed by atoms with Crippen molar-refractivity contribution in [2.75, 3.05) is 13.2 Å². The Bertz CT molecular complexity index is 1340. The van der Waals surface area contributed by atoms with Gasteiger partial charge in [-0.3, -0.25) is 14.4 Å². The summed E-state index contributed by atoms with van der Waals surface area (Å²) in [7, 11) is 0. The Labute approximate surface area is 519 Å². The maximum Gasteiger partial charge on any atom is 0.306 e. The number of carbonyl (C=O) groups excluding carboxylic acids is 3. The number of hydrogen-bond donors (Lipinski definition) is 0. The number of allylic oxidation sites excluding steroid dienone is 4. The molecule has 0 spiro atoms. The van der Waals surface area contributed by atoms with Gasteiger partial charge in [0, 0.05) is 19.3 Å². The zero-order valence-electron chi connectivity index (χ0n) is 56.5. The number of unbranched alkanes of at least 4 members (excludes halogenated alkanes) is 56. The van der Waals surface area contributed by atoms with Crippen LogP contribution in [0.3, 0.4) is 0 Å². The van der Waals surface area contributed by atoms with Crippen LogP contribution in [0.25, 0.3) is 0 Å². The van der Waals surface area contributed by atoms with E-state index in [2.05, 4.69) is 45.1 Å². The molecule has 0 aromatic heterocycles. The van der Waals surface area contributed by atoms with Gasteiger partial charge in [-0.05, 0) is 51.4 Å². The average Bonchev–Trinajstić information content (AvgIpc) is 3.49. The van der Waals surface area contributed by atoms with Crippen molar-refractivity contribution in [3.8, 4) is 0 Å². The quantitative estimate of drug-likeness (QED) is 0.0261. The second kappa shape index (κ2) is 72.4. The number of hydrogen-bond acceptors (Lipinski definition) is 6. The van der Waals surface area contributed by atoms with Crippen LogP contribution in [0.4, 0.5) is 0 Å². The third-order valence-electron chi connectivity index (χ3n) is 17.5. The Morgan fingerprint density at radius 3 is 0.663 bits per heavy atom. The van der Waals surface area contributed by atoms with E-state index < -0.39 is 6.10 Å². The first kappa shape index (κ1) is 80.9. The molecule has 0 N–H and O–H groups in total. The van der Waals surface area contributed by atoms with E-state index >= 15 is 0 Å². The van der Waals surface area contributed by atoms with Gasteiger partial charge in [-0.2, -0.15) is 0 Å². The molecule has 0 heterocycles. The van der Waals surface area contributed by atoms with Crippen molar-refractivity contribution in [3.05, 3.63) is 24.3 Å². The van der Waals surface area contributed by atoms with Crippen LogP contribution in [-0.4, -0.2) is 37.2 Å². The van der Waals surface area contributed by atoms with Crippen molar-refractivity contribution in [2.24, 2.45) is 0 Å². The van der Waals surface area contributed by atoms with Crippen molar-refractivity contribution < 1.29 is 28.6 Å². The van der Waals surface area contributed by atoms with Crippen LogP contribution in [0.5, 0.6) is 0 Å². The zero-order chi connectivity index (χ0) is 59.9. The first-order valence-electron chi connectivity index (χ1n) is 37.8. The smallest absolute Gasteiger partial charge is 0.306 e. The summed E-state index contributed by atoms with van der Waals surface area (Å²) in [6, 6.07) is 0. The van der Waals surface area contributed by atoms with Crippen LogP contribution in [-0.2, 0) is 28.6 Å². The molecule has 0 saturated heterocycles. The standard InChI is InChI=1S/C77H146O6/c1-4-7-10-13-16-19-22-24-26-28-30-32-34-35-36-37-38-39-40-41-42-43-44-46-47-49-51-53-55-58-61-64-67-70-76(79)82-73-74(72-81-75(78)69-66-63-60-57-21-18-15-12-9-6-3)83-77(80)71-68-65-62-59-56-54-52-50-48-45-33-31-29-27-25-23-20-17-14-11-8-5-2/h22,24,28,30,74H,4-21,23,25-27,29,31-73H2,1-3H3/b24-22-,30-28-. The Morgan fingerprint density at radius 2 is 0.434 bits per heavy atom. The zero-order valence-corrected chi connectivity index (χ0v) is 56.5. The van der Waals surface area contributed by atoms with E-state index in [0.29, 0.717) is 19.3 Å². The number of esters is 3. The van der Waals surface area contributed by atoms with Crippen LogP contribution in [0, 0.1) is 0 Å². The Kier molecular flexibility index (Phi) is 70.5. The SMILES string of the molecule is CCCCCCC/C=C\C/C=C\CCCCCCCCCCCCCCCCCCCCCCCC(=O)OCC(COC(=O)CCCCCCCCCCCC)OC(=O)CCCCCCCCCCCCCCCCCCCCCCCC. The van der Waals surface area contributed by atoms with E-state index in [1.165, 1.54) is 327 Å². The summed E-state index contributed by atoms with van der Waals surface area (Å²) in [6.07, 6.45) is 89.6. The number of carbonyl (C=O) groups is 3. The molecule has 0 rings (SSSR count). The van der Waals surface area contributed by atoms with Gasteiger partial charge in [0.2, 0.25) is 0 Å². The van der Waals surface area contributed by atoms with Crippen LogP contribution in [0.15, 0.2) is 24.3 Å². The molecule has 0 aliphatic carbocycles. The summed E-state index contributed by atoms with van der Waals surface area (Å²) in [6.45, 7) is 6.71. The highest BCUT2D eigenvalue weighted by atomic mass is 16.6. The molecule has 0 saturated carbocycles. The minimum atomic E-state index is -0.765. The van der Waals surface area contributed by atoms with E-state index in [-0.39, 0.29) is 31.1 Å². The first-order chi connectivity index (χ1) is 41.0. The third-order valence-corrected chi connectivity index (χ3v) is 17.5. The lowest BCUT2D eigenvalue weighted by molar-refractivity contribution is -0.167. The van der Waals surface area contributed by atoms with Crippen molar-refractivity contribution >= 4 is 17.9 Å². The maximum absolute atomic E-state index is 12.9. The van der Waals surface area contributed by atoms with Crippen molar-refractivity contribution in [1.82, 2.24) is 0 Å². The van der Waals surface area contributed by atoms with E-state index in [0.717, 1.165) is 64.2 Å². The Balaban J connectivity index is 4.04. The Hall–Kier alpha value is -2.11. The van der Waals surface area contributed by atoms with E-state index in [1.807, 2.05) is 0 Å². The topological polar surface area (TPSA) is 78.9 Å². The summed E-state index contributed by atoms with van der Waals surface area (Å²) in [5, 5.41) is 0. The second-order valence-electron chi connectivity index (χ2n) is 25.9. The van der Waals surface area contributed by atoms with Gasteiger partial charge in [0.1, 0.15) is 13.2 Å². The molecule has 0 radical (unpaired) electrons. The van der Waals surface area contributed by atoms with E-state index in [9.17, 15) is 14.4 Å². The lowest BCUT2D eigenvalue weighted by Gasteiger charge is -2.18. The predicted octanol–water partition coefficient (Wildman–Crippen LogP) is 26.1. The molecule has 6 heteroatoms. The highest BCUT2D eigenvalue weighted by molar-refractivity contribution is 5.71. The summed E-state index contributed by atoms with van der Waals surface area (Å²) in [5.41, 5.74) is 0. The normalized spacial score (nSPS) is 12.1. The van der Waals surface area contributed by atoms with Gasteiger partial charge < -0.3 is 14.2 Å². The molecule has 1 unspecified atom stereocenters. The van der Waals surface area contributed by atoms with E-state index in [4.69, 9.17) is 14.2 Å². The number of rotatable bonds is 71. The predicted molar refractivity (Wildman–Crippen MR) is 363 cm³/mol. The summed E-state index contributed by atoms with van der Waals surface area (Å²) < 4.78 is 17.0. The van der Waals surface area contributed by atoms with Crippen LogP contribution in [0.2, 0.25) is 0 Å². The highest BCUT2D eigenvalue weighted by Gasteiger charge is 2.20. The number of ether oxygens (including phenoxy) is 3. The fourth-order valence-electron chi connectivity index (χ4n) is 11.8. The molecule has 0 aliphatic rings. The summed E-state index contributed by atoms with van der Waals surface area (Å²) in [4.78, 5) is 38.4. The van der Waals surface area contributed by atoms with Gasteiger partial charge in [-0.25, -0.2) is 0 Å². The second-order valence-corrected chi connectivity index (χ2v) is 25.9. The van der Waals surface area contributed by atoms with Crippen molar-refractivity contribution in [2.45, 2.75) is 438 Å². The molecule has 6 nitrogen and oxygen atoms in total. The molecule has 0 bridgehead atoms. The molecule has 0 aromatic rings. The van der Waals surface area contributed by atoms with Gasteiger partial charge in [0.15, 0.2) is 6.10 Å². The first-order valence-corrected chi connectivity index (χ1v) is 37.8. The van der Waals surface area contributed by atoms with Crippen LogP contribution in [0.1, 0.15) is 432 Å². The maximum atomic E-state index is 12.9. The lowest BCUT2D eigenvalue weighted by atomic mass is 10.0. The molecule has 1 atom stereocenters. The van der Waals surface area contributed by atoms with Gasteiger partial charge in [0.25, 0.3) is 0 Å². The Morgan fingerprint density at radius 1 is 0.241 bits per heavy atom. The monoisotopic (exact) mass is 1170 g/mol. The fourth-order valence-corrected chi connectivity index (χ4v) is 11.8. The van der Waals surface area contributed by atoms with E-state index in [1.54, 1.807) is 0 Å². The fraction of sp³-hybridized carbons (Fsp3) is 0.909. The molecule has 0 aliphatic heterocycles. The van der Waals surface area contributed by atoms with Crippen LogP contribution < -0.4 is 0 Å². The third kappa shape index (κ3) is 70.5. The van der Waals surface area contributed by atoms with Gasteiger partial charge in [0.05, 0.1) is 0 Å². The molecule has 0 amide bonds. The van der Waals surface area contributed by atoms with Crippen molar-refractivity contribution in [1.29, 1.82) is 0 Å². The summed E-state index contributed by atoms with van der Waals surface area (Å²) in [5.74, 6) is -0.828. The van der Waals surface area contributed by atoms with Crippen LogP contribution >= 0.6 is 0 Å². The summed E-state index contributed by atoms with van der Waals surface area (Å²) >= 11 is 0. The van der Waals surface area contributed by atoms with Crippen molar-refractivity contribution in [3.63, 3.8) is 0 Å². The molecule has 0 fully saturated rings. The molecular formula is C77H146O6. The van der Waals surface area contributed by atoms with Gasteiger partial charge >= 0.3 is 17.9 Å². The van der Waals surface area contributed by atoms with Gasteiger partial charge in [-0.15, -0.1) is 0 Å². The highest BCUT2D eigenvalue weighted by Crippen LogP contribution is 2.19. The minimum Gasteiger partial charge on any atom is -0.462 e. The largest absolute Gasteiger partial charge is 0.462 e. The molecule has 490 valence electrons.